The summed E-state index contributed by atoms with van der Waals surface area (Å²) in [4.78, 5) is 12.0. The van der Waals surface area contributed by atoms with E-state index < -0.39 is 11.9 Å². The average molecular weight is 349 g/mol. The number of rotatable bonds is 7. The van der Waals surface area contributed by atoms with Crippen molar-refractivity contribution in [3.63, 3.8) is 0 Å². The molecule has 1 aromatic carbocycles. The van der Waals surface area contributed by atoms with Gasteiger partial charge in [0.1, 0.15) is 12.6 Å². The van der Waals surface area contributed by atoms with Crippen molar-refractivity contribution in [3.05, 3.63) is 30.1 Å². The molecule has 0 heterocycles. The van der Waals surface area contributed by atoms with Crippen LogP contribution in [0.2, 0.25) is 0 Å². The quantitative estimate of drug-likeness (QED) is 0.791. The summed E-state index contributed by atoms with van der Waals surface area (Å²) in [5.41, 5.74) is 5.44. The number of hydrogen-bond donors (Lipinski definition) is 2. The van der Waals surface area contributed by atoms with Gasteiger partial charge in [-0.1, -0.05) is 32.9 Å². The number of hydrogen-bond acceptors (Lipinski definition) is 4. The van der Waals surface area contributed by atoms with E-state index in [-0.39, 0.29) is 48.7 Å². The first-order valence-electron chi connectivity index (χ1n) is 7.18. The molecule has 0 aliphatic heterocycles. The van der Waals surface area contributed by atoms with Gasteiger partial charge < -0.3 is 20.5 Å². The first-order chi connectivity index (χ1) is 10.3. The van der Waals surface area contributed by atoms with E-state index in [1.165, 1.54) is 13.2 Å². The van der Waals surface area contributed by atoms with Crippen molar-refractivity contribution in [2.24, 2.45) is 11.1 Å². The Morgan fingerprint density at radius 1 is 1.30 bits per heavy atom. The van der Waals surface area contributed by atoms with Gasteiger partial charge in [0.15, 0.2) is 11.6 Å². The van der Waals surface area contributed by atoms with Gasteiger partial charge in [-0.25, -0.2) is 4.39 Å². The zero-order chi connectivity index (χ0) is 16.8. The molecule has 0 saturated carbocycles. The van der Waals surface area contributed by atoms with Crippen LogP contribution in [0.25, 0.3) is 0 Å². The smallest absolute Gasteiger partial charge is 0.239 e. The lowest BCUT2D eigenvalue weighted by Crippen LogP contribution is -2.53. The first kappa shape index (κ1) is 21.6. The molecule has 0 aliphatic carbocycles. The largest absolute Gasteiger partial charge is 0.488 e. The van der Waals surface area contributed by atoms with Crippen molar-refractivity contribution in [2.75, 3.05) is 20.3 Å². The standard InChI is InChI=1S/C16H25FN2O3.ClH/c1-16(2,3)14(19-15(20)12(18)9-21-4)10-22-13-8-6-5-7-11(13)17;/h5-8,12,14H,9-10,18H2,1-4H3,(H,19,20);1H. The average Bonchev–Trinajstić information content (AvgIpc) is 2.43. The van der Waals surface area contributed by atoms with Crippen molar-refractivity contribution >= 4 is 18.3 Å². The summed E-state index contributed by atoms with van der Waals surface area (Å²) in [6, 6.07) is 5.10. The summed E-state index contributed by atoms with van der Waals surface area (Å²) in [5, 5.41) is 2.84. The predicted octanol–water partition coefficient (Wildman–Crippen LogP) is 2.13. The molecule has 5 nitrogen and oxygen atoms in total. The molecule has 0 saturated heterocycles. The number of nitrogens with two attached hydrogens (primary N) is 1. The second-order valence-corrected chi connectivity index (χ2v) is 6.23. The van der Waals surface area contributed by atoms with Gasteiger partial charge in [-0.05, 0) is 17.5 Å². The third-order valence-corrected chi connectivity index (χ3v) is 3.29. The number of carbonyl (C=O) groups excluding carboxylic acids is 1. The second-order valence-electron chi connectivity index (χ2n) is 6.23. The molecule has 1 aromatic rings. The monoisotopic (exact) mass is 348 g/mol. The van der Waals surface area contributed by atoms with E-state index in [0.717, 1.165) is 0 Å². The zero-order valence-electron chi connectivity index (χ0n) is 14.0. The molecule has 0 bridgehead atoms. The molecular formula is C16H26ClFN2O3. The van der Waals surface area contributed by atoms with Gasteiger partial charge in [0, 0.05) is 7.11 Å². The van der Waals surface area contributed by atoms with E-state index in [9.17, 15) is 9.18 Å². The molecule has 1 amide bonds. The zero-order valence-corrected chi connectivity index (χ0v) is 14.8. The summed E-state index contributed by atoms with van der Waals surface area (Å²) >= 11 is 0. The van der Waals surface area contributed by atoms with E-state index in [2.05, 4.69) is 5.32 Å². The Labute approximate surface area is 143 Å². The van der Waals surface area contributed by atoms with Crippen LogP contribution < -0.4 is 15.8 Å². The molecule has 0 aromatic heterocycles. The van der Waals surface area contributed by atoms with E-state index >= 15 is 0 Å². The van der Waals surface area contributed by atoms with Crippen LogP contribution in [0.4, 0.5) is 4.39 Å². The fourth-order valence-electron chi connectivity index (χ4n) is 1.78. The van der Waals surface area contributed by atoms with Crippen molar-refractivity contribution in [2.45, 2.75) is 32.9 Å². The summed E-state index contributed by atoms with van der Waals surface area (Å²) in [6.45, 7) is 6.17. The number of methoxy groups -OCH3 is 1. The third-order valence-electron chi connectivity index (χ3n) is 3.29. The normalized spacial score (nSPS) is 13.7. The Balaban J connectivity index is 0.00000484. The fraction of sp³-hybridized carbons (Fsp3) is 0.562. The number of nitrogens with one attached hydrogen (secondary N) is 1. The molecule has 7 heteroatoms. The van der Waals surface area contributed by atoms with Crippen LogP contribution >= 0.6 is 12.4 Å². The highest BCUT2D eigenvalue weighted by Crippen LogP contribution is 2.22. The minimum atomic E-state index is -0.747. The summed E-state index contributed by atoms with van der Waals surface area (Å²) < 4.78 is 24.0. The Morgan fingerprint density at radius 3 is 2.43 bits per heavy atom. The van der Waals surface area contributed by atoms with Gasteiger partial charge in [0.2, 0.25) is 5.91 Å². The number of benzene rings is 1. The van der Waals surface area contributed by atoms with E-state index in [0.29, 0.717) is 0 Å². The lowest BCUT2D eigenvalue weighted by atomic mass is 9.87. The number of ether oxygens (including phenoxy) is 2. The van der Waals surface area contributed by atoms with Crippen LogP contribution in [0.1, 0.15) is 20.8 Å². The van der Waals surface area contributed by atoms with Crippen LogP contribution in [-0.2, 0) is 9.53 Å². The minimum Gasteiger partial charge on any atom is -0.488 e. The topological polar surface area (TPSA) is 73.6 Å². The van der Waals surface area contributed by atoms with Crippen molar-refractivity contribution in [3.8, 4) is 5.75 Å². The highest BCUT2D eigenvalue weighted by atomic mass is 35.5. The lowest BCUT2D eigenvalue weighted by Gasteiger charge is -2.32. The minimum absolute atomic E-state index is 0. The highest BCUT2D eigenvalue weighted by Gasteiger charge is 2.29. The lowest BCUT2D eigenvalue weighted by molar-refractivity contribution is -0.125. The van der Waals surface area contributed by atoms with E-state index in [1.54, 1.807) is 18.2 Å². The van der Waals surface area contributed by atoms with Gasteiger partial charge in [-0.15, -0.1) is 12.4 Å². The van der Waals surface area contributed by atoms with E-state index in [1.807, 2.05) is 20.8 Å². The van der Waals surface area contributed by atoms with Crippen LogP contribution in [0, 0.1) is 11.2 Å². The molecule has 0 aliphatic rings. The first-order valence-corrected chi connectivity index (χ1v) is 7.18. The maximum absolute atomic E-state index is 13.6. The number of para-hydroxylation sites is 1. The van der Waals surface area contributed by atoms with Gasteiger partial charge >= 0.3 is 0 Å². The molecule has 0 spiro atoms. The molecule has 132 valence electrons. The predicted molar refractivity (Wildman–Crippen MR) is 90.4 cm³/mol. The third kappa shape index (κ3) is 7.16. The van der Waals surface area contributed by atoms with Crippen LogP contribution in [0.3, 0.4) is 0 Å². The van der Waals surface area contributed by atoms with Crippen LogP contribution in [0.15, 0.2) is 24.3 Å². The molecular weight excluding hydrogens is 323 g/mol. The van der Waals surface area contributed by atoms with Crippen molar-refractivity contribution in [1.82, 2.24) is 5.32 Å². The number of carbonyl (C=O) groups is 1. The Bertz CT molecular complexity index is 494. The molecule has 0 radical (unpaired) electrons. The summed E-state index contributed by atoms with van der Waals surface area (Å²) in [7, 11) is 1.48. The van der Waals surface area contributed by atoms with Gasteiger partial charge in [0.05, 0.1) is 12.6 Å². The van der Waals surface area contributed by atoms with Gasteiger partial charge in [-0.3, -0.25) is 4.79 Å². The Kier molecular flexibility index (Phi) is 9.12. The maximum Gasteiger partial charge on any atom is 0.239 e. The molecule has 2 unspecified atom stereocenters. The van der Waals surface area contributed by atoms with Gasteiger partial charge in [-0.2, -0.15) is 0 Å². The van der Waals surface area contributed by atoms with Crippen LogP contribution in [-0.4, -0.2) is 38.3 Å². The number of amides is 1. The fourth-order valence-corrected chi connectivity index (χ4v) is 1.78. The molecule has 23 heavy (non-hydrogen) atoms. The number of halogens is 2. The second kappa shape index (κ2) is 9.70. The SMILES string of the molecule is COCC(N)C(=O)NC(COc1ccccc1F)C(C)(C)C.Cl. The molecule has 1 rings (SSSR count). The van der Waals surface area contributed by atoms with Crippen molar-refractivity contribution in [1.29, 1.82) is 0 Å². The van der Waals surface area contributed by atoms with Crippen molar-refractivity contribution < 1.29 is 18.7 Å². The highest BCUT2D eigenvalue weighted by molar-refractivity contribution is 5.85. The molecule has 0 fully saturated rings. The molecule has 2 atom stereocenters. The van der Waals surface area contributed by atoms with Crippen LogP contribution in [0.5, 0.6) is 5.75 Å². The summed E-state index contributed by atoms with van der Waals surface area (Å²) in [5.74, 6) is -0.594. The van der Waals surface area contributed by atoms with E-state index in [4.69, 9.17) is 15.2 Å². The Morgan fingerprint density at radius 2 is 1.91 bits per heavy atom. The Hall–Kier alpha value is -1.37. The molecule has 3 N–H and O–H groups in total. The maximum atomic E-state index is 13.6. The summed E-state index contributed by atoms with van der Waals surface area (Å²) in [6.07, 6.45) is 0. The van der Waals surface area contributed by atoms with Gasteiger partial charge in [0.25, 0.3) is 0 Å².